The lowest BCUT2D eigenvalue weighted by molar-refractivity contribution is -0.116. The molecule has 0 aliphatic rings. The summed E-state index contributed by atoms with van der Waals surface area (Å²) in [5.41, 5.74) is 2.52. The highest BCUT2D eigenvalue weighted by atomic mass is 32.1. The molecule has 0 atom stereocenters. The van der Waals surface area contributed by atoms with Gasteiger partial charge in [-0.15, -0.1) is 11.3 Å². The molecular formula is C18H23N3O2S. The van der Waals surface area contributed by atoms with Gasteiger partial charge in [-0.25, -0.2) is 4.98 Å². The van der Waals surface area contributed by atoms with E-state index in [9.17, 15) is 9.59 Å². The molecule has 1 aromatic carbocycles. The van der Waals surface area contributed by atoms with Crippen LogP contribution in [0.5, 0.6) is 0 Å². The van der Waals surface area contributed by atoms with Crippen LogP contribution in [0.25, 0.3) is 11.3 Å². The van der Waals surface area contributed by atoms with Crippen molar-refractivity contribution in [3.05, 3.63) is 29.6 Å². The van der Waals surface area contributed by atoms with Crippen molar-refractivity contribution in [3.63, 3.8) is 0 Å². The number of thiazole rings is 1. The number of hydrogen-bond donors (Lipinski definition) is 2. The van der Waals surface area contributed by atoms with E-state index >= 15 is 0 Å². The van der Waals surface area contributed by atoms with Gasteiger partial charge in [0.1, 0.15) is 0 Å². The minimum atomic E-state index is -0.0969. The first-order valence-electron chi connectivity index (χ1n) is 8.22. The SMILES string of the molecule is CCCCCCC(=O)Nc1nc(-c2ccc(NC(C)=O)cc2)cs1. The first kappa shape index (κ1) is 18.1. The van der Waals surface area contributed by atoms with Gasteiger partial charge in [-0.05, 0) is 18.6 Å². The number of anilines is 2. The topological polar surface area (TPSA) is 71.1 Å². The molecule has 24 heavy (non-hydrogen) atoms. The van der Waals surface area contributed by atoms with E-state index in [1.165, 1.54) is 24.7 Å². The van der Waals surface area contributed by atoms with Crippen LogP contribution >= 0.6 is 11.3 Å². The smallest absolute Gasteiger partial charge is 0.226 e. The van der Waals surface area contributed by atoms with Gasteiger partial charge in [0.25, 0.3) is 0 Å². The largest absolute Gasteiger partial charge is 0.326 e. The second-order valence-corrected chi connectivity index (χ2v) is 6.51. The molecule has 0 aliphatic heterocycles. The van der Waals surface area contributed by atoms with E-state index in [4.69, 9.17) is 0 Å². The molecule has 0 saturated heterocycles. The molecule has 2 amide bonds. The molecule has 0 radical (unpaired) electrons. The van der Waals surface area contributed by atoms with Gasteiger partial charge >= 0.3 is 0 Å². The van der Waals surface area contributed by atoms with Crippen molar-refractivity contribution in [2.75, 3.05) is 10.6 Å². The summed E-state index contributed by atoms with van der Waals surface area (Å²) < 4.78 is 0. The molecule has 0 aliphatic carbocycles. The Kier molecular flexibility index (Phi) is 6.93. The van der Waals surface area contributed by atoms with Gasteiger partial charge in [0.2, 0.25) is 11.8 Å². The van der Waals surface area contributed by atoms with Crippen molar-refractivity contribution in [2.45, 2.75) is 46.0 Å². The molecule has 0 spiro atoms. The molecule has 0 unspecified atom stereocenters. The monoisotopic (exact) mass is 345 g/mol. The lowest BCUT2D eigenvalue weighted by atomic mass is 10.1. The highest BCUT2D eigenvalue weighted by Crippen LogP contribution is 2.26. The highest BCUT2D eigenvalue weighted by Gasteiger charge is 2.08. The Balaban J connectivity index is 1.90. The maximum absolute atomic E-state index is 11.9. The third-order valence-corrected chi connectivity index (χ3v) is 4.27. The Morgan fingerprint density at radius 1 is 1.08 bits per heavy atom. The zero-order chi connectivity index (χ0) is 17.4. The van der Waals surface area contributed by atoms with E-state index in [0.717, 1.165) is 36.2 Å². The third kappa shape index (κ3) is 5.77. The molecule has 5 nitrogen and oxygen atoms in total. The van der Waals surface area contributed by atoms with Crippen LogP contribution in [-0.2, 0) is 9.59 Å². The summed E-state index contributed by atoms with van der Waals surface area (Å²) in [6.07, 6.45) is 4.89. The fraction of sp³-hybridized carbons (Fsp3) is 0.389. The molecule has 2 rings (SSSR count). The molecular weight excluding hydrogens is 322 g/mol. The van der Waals surface area contributed by atoms with Crippen LogP contribution in [0.3, 0.4) is 0 Å². The molecule has 1 heterocycles. The second-order valence-electron chi connectivity index (χ2n) is 5.66. The molecule has 6 heteroatoms. The number of hydrogen-bond acceptors (Lipinski definition) is 4. The average Bonchev–Trinajstić information content (AvgIpc) is 3.00. The first-order chi connectivity index (χ1) is 11.6. The van der Waals surface area contributed by atoms with Gasteiger partial charge in [-0.1, -0.05) is 38.3 Å². The van der Waals surface area contributed by atoms with Crippen LogP contribution in [0.4, 0.5) is 10.8 Å². The summed E-state index contributed by atoms with van der Waals surface area (Å²) in [6.45, 7) is 3.63. The molecule has 0 saturated carbocycles. The van der Waals surface area contributed by atoms with E-state index in [2.05, 4.69) is 22.5 Å². The Bertz CT molecular complexity index is 680. The van der Waals surface area contributed by atoms with Crippen molar-refractivity contribution < 1.29 is 9.59 Å². The van der Waals surface area contributed by atoms with E-state index in [1.54, 1.807) is 0 Å². The number of rotatable bonds is 8. The lowest BCUT2D eigenvalue weighted by Crippen LogP contribution is -2.10. The number of amides is 2. The molecule has 0 fully saturated rings. The zero-order valence-electron chi connectivity index (χ0n) is 14.1. The van der Waals surface area contributed by atoms with Crippen LogP contribution in [0, 0.1) is 0 Å². The fourth-order valence-electron chi connectivity index (χ4n) is 2.29. The van der Waals surface area contributed by atoms with Crippen LogP contribution in [-0.4, -0.2) is 16.8 Å². The molecule has 128 valence electrons. The Labute approximate surface area is 146 Å². The lowest BCUT2D eigenvalue weighted by Gasteiger charge is -2.03. The summed E-state index contributed by atoms with van der Waals surface area (Å²) in [6, 6.07) is 7.47. The number of carbonyl (C=O) groups is 2. The fourth-order valence-corrected chi connectivity index (χ4v) is 3.02. The maximum Gasteiger partial charge on any atom is 0.226 e. The van der Waals surface area contributed by atoms with Gasteiger partial charge in [0.15, 0.2) is 5.13 Å². The van der Waals surface area contributed by atoms with Gasteiger partial charge in [-0.2, -0.15) is 0 Å². The van der Waals surface area contributed by atoms with Crippen molar-refractivity contribution in [2.24, 2.45) is 0 Å². The Morgan fingerprint density at radius 2 is 1.83 bits per heavy atom. The predicted molar refractivity (Wildman–Crippen MR) is 99.2 cm³/mol. The minimum absolute atomic E-state index is 0.0213. The van der Waals surface area contributed by atoms with Crippen molar-refractivity contribution in [3.8, 4) is 11.3 Å². The van der Waals surface area contributed by atoms with Gasteiger partial charge in [-0.3, -0.25) is 9.59 Å². The number of benzene rings is 1. The van der Waals surface area contributed by atoms with Crippen LogP contribution in [0.1, 0.15) is 46.0 Å². The number of carbonyl (C=O) groups excluding carboxylic acids is 2. The first-order valence-corrected chi connectivity index (χ1v) is 9.10. The van der Waals surface area contributed by atoms with Crippen molar-refractivity contribution >= 4 is 34.0 Å². The predicted octanol–water partition coefficient (Wildman–Crippen LogP) is 4.68. The van der Waals surface area contributed by atoms with E-state index in [1.807, 2.05) is 29.6 Å². The summed E-state index contributed by atoms with van der Waals surface area (Å²) in [5, 5.41) is 8.13. The summed E-state index contributed by atoms with van der Waals surface area (Å²) in [4.78, 5) is 27.4. The van der Waals surface area contributed by atoms with Crippen LogP contribution in [0.2, 0.25) is 0 Å². The normalized spacial score (nSPS) is 10.4. The number of unbranched alkanes of at least 4 members (excludes halogenated alkanes) is 3. The standard InChI is InChI=1S/C18H23N3O2S/c1-3-4-5-6-7-17(23)21-18-20-16(12-24-18)14-8-10-15(11-9-14)19-13(2)22/h8-12H,3-7H2,1-2H3,(H,19,22)(H,20,21,23). The summed E-state index contributed by atoms with van der Waals surface area (Å²) in [7, 11) is 0. The van der Waals surface area contributed by atoms with Gasteiger partial charge in [0, 0.05) is 30.0 Å². The summed E-state index contributed by atoms with van der Waals surface area (Å²) >= 11 is 1.42. The van der Waals surface area contributed by atoms with Crippen LogP contribution in [0.15, 0.2) is 29.6 Å². The Morgan fingerprint density at radius 3 is 2.50 bits per heavy atom. The van der Waals surface area contributed by atoms with Gasteiger partial charge < -0.3 is 10.6 Å². The molecule has 0 bridgehead atoms. The maximum atomic E-state index is 11.9. The molecule has 2 N–H and O–H groups in total. The third-order valence-electron chi connectivity index (χ3n) is 3.51. The van der Waals surface area contributed by atoms with Gasteiger partial charge in [0.05, 0.1) is 5.69 Å². The second kappa shape index (κ2) is 9.17. The molecule has 1 aromatic heterocycles. The Hall–Kier alpha value is -2.21. The number of nitrogens with zero attached hydrogens (tertiary/aromatic N) is 1. The quantitative estimate of drug-likeness (QED) is 0.683. The number of nitrogens with one attached hydrogen (secondary N) is 2. The van der Waals surface area contributed by atoms with Crippen molar-refractivity contribution in [1.82, 2.24) is 4.98 Å². The van der Waals surface area contributed by atoms with Crippen LogP contribution < -0.4 is 10.6 Å². The van der Waals surface area contributed by atoms with E-state index in [-0.39, 0.29) is 11.8 Å². The summed E-state index contributed by atoms with van der Waals surface area (Å²) in [5.74, 6) is -0.0756. The molecule has 2 aromatic rings. The minimum Gasteiger partial charge on any atom is -0.326 e. The van der Waals surface area contributed by atoms with E-state index in [0.29, 0.717) is 11.6 Å². The number of aromatic nitrogens is 1. The zero-order valence-corrected chi connectivity index (χ0v) is 14.9. The highest BCUT2D eigenvalue weighted by molar-refractivity contribution is 7.14. The van der Waals surface area contributed by atoms with Crippen molar-refractivity contribution in [1.29, 1.82) is 0 Å². The average molecular weight is 345 g/mol. The van der Waals surface area contributed by atoms with E-state index < -0.39 is 0 Å².